The fourth-order valence-corrected chi connectivity index (χ4v) is 4.07. The van der Waals surface area contributed by atoms with Gasteiger partial charge in [0.1, 0.15) is 10.8 Å². The van der Waals surface area contributed by atoms with Crippen LogP contribution >= 0.6 is 22.9 Å². The maximum absolute atomic E-state index is 13.5. The number of aromatic nitrogens is 1. The lowest BCUT2D eigenvalue weighted by Crippen LogP contribution is -2.03. The highest BCUT2D eigenvalue weighted by molar-refractivity contribution is 7.21. The van der Waals surface area contributed by atoms with Crippen molar-refractivity contribution in [2.75, 3.05) is 0 Å². The van der Waals surface area contributed by atoms with Gasteiger partial charge in [-0.2, -0.15) is 0 Å². The van der Waals surface area contributed by atoms with E-state index in [4.69, 9.17) is 11.6 Å². The predicted molar refractivity (Wildman–Crippen MR) is 99.9 cm³/mol. The number of rotatable bonds is 3. The third kappa shape index (κ3) is 2.95. The van der Waals surface area contributed by atoms with Gasteiger partial charge in [-0.05, 0) is 24.3 Å². The zero-order valence-electron chi connectivity index (χ0n) is 12.9. The largest absolute Gasteiger partial charge is 0.289 e. The molecule has 122 valence electrons. The Morgan fingerprint density at radius 2 is 1.80 bits per heavy atom. The lowest BCUT2D eigenvalue weighted by atomic mass is 9.98. The van der Waals surface area contributed by atoms with E-state index >= 15 is 0 Å². The van der Waals surface area contributed by atoms with Crippen LogP contribution < -0.4 is 0 Å². The molecule has 0 aliphatic rings. The highest BCUT2D eigenvalue weighted by Crippen LogP contribution is 2.37. The number of ketones is 1. The number of carbonyl (C=O) groups is 1. The minimum Gasteiger partial charge on any atom is -0.289 e. The van der Waals surface area contributed by atoms with Gasteiger partial charge in [-0.1, -0.05) is 54.1 Å². The van der Waals surface area contributed by atoms with Gasteiger partial charge in [0.2, 0.25) is 0 Å². The van der Waals surface area contributed by atoms with E-state index in [0.717, 1.165) is 0 Å². The van der Waals surface area contributed by atoms with Gasteiger partial charge in [0.15, 0.2) is 5.78 Å². The first-order chi connectivity index (χ1) is 12.1. The summed E-state index contributed by atoms with van der Waals surface area (Å²) in [7, 11) is 0. The number of carbonyl (C=O) groups excluding carboxylic acids is 1. The van der Waals surface area contributed by atoms with Gasteiger partial charge in [-0.3, -0.25) is 4.79 Å². The van der Waals surface area contributed by atoms with Crippen molar-refractivity contribution in [1.82, 2.24) is 4.98 Å². The molecule has 0 saturated heterocycles. The second kappa shape index (κ2) is 6.39. The normalized spacial score (nSPS) is 11.0. The lowest BCUT2D eigenvalue weighted by Gasteiger charge is -2.08. The van der Waals surface area contributed by atoms with Crippen LogP contribution in [0.1, 0.15) is 15.9 Å². The Morgan fingerprint density at radius 1 is 1.00 bits per heavy atom. The predicted octanol–water partition coefficient (Wildman–Crippen LogP) is 5.99. The number of halogens is 2. The lowest BCUT2D eigenvalue weighted by molar-refractivity contribution is 0.103. The molecule has 0 fully saturated rings. The Balaban J connectivity index is 1.90. The van der Waals surface area contributed by atoms with Crippen molar-refractivity contribution in [3.05, 3.63) is 88.7 Å². The molecule has 5 heteroatoms. The van der Waals surface area contributed by atoms with Crippen LogP contribution in [0.5, 0.6) is 0 Å². The molecule has 0 aliphatic carbocycles. The molecule has 0 aliphatic heterocycles. The minimum atomic E-state index is -0.317. The first-order valence-electron chi connectivity index (χ1n) is 7.58. The Kier molecular flexibility index (Phi) is 4.07. The zero-order chi connectivity index (χ0) is 17.4. The van der Waals surface area contributed by atoms with E-state index in [1.165, 1.54) is 23.5 Å². The molecule has 1 heterocycles. The average Bonchev–Trinajstić information content (AvgIpc) is 3.04. The maximum atomic E-state index is 13.5. The van der Waals surface area contributed by atoms with E-state index in [2.05, 4.69) is 4.98 Å². The third-order valence-corrected chi connectivity index (χ3v) is 5.21. The second-order valence-corrected chi connectivity index (χ2v) is 6.93. The molecule has 3 aromatic carbocycles. The summed E-state index contributed by atoms with van der Waals surface area (Å²) >= 11 is 7.71. The van der Waals surface area contributed by atoms with Crippen molar-refractivity contribution in [3.8, 4) is 10.6 Å². The third-order valence-electron chi connectivity index (χ3n) is 3.86. The summed E-state index contributed by atoms with van der Waals surface area (Å²) in [6, 6.07) is 18.7. The van der Waals surface area contributed by atoms with E-state index in [0.29, 0.717) is 36.9 Å². The fraction of sp³-hybridized carbons (Fsp3) is 0. The van der Waals surface area contributed by atoms with Crippen LogP contribution in [0.25, 0.3) is 20.8 Å². The van der Waals surface area contributed by atoms with Gasteiger partial charge in [-0.15, -0.1) is 11.3 Å². The maximum Gasteiger partial charge on any atom is 0.193 e. The topological polar surface area (TPSA) is 30.0 Å². The smallest absolute Gasteiger partial charge is 0.193 e. The Labute approximate surface area is 152 Å². The molecule has 0 saturated carbocycles. The summed E-state index contributed by atoms with van der Waals surface area (Å²) in [5.74, 6) is -0.439. The monoisotopic (exact) mass is 367 g/mol. The molecule has 0 spiro atoms. The first kappa shape index (κ1) is 15.9. The summed E-state index contributed by atoms with van der Waals surface area (Å²) < 4.78 is 14.2. The van der Waals surface area contributed by atoms with Crippen LogP contribution in [0.4, 0.5) is 4.39 Å². The van der Waals surface area contributed by atoms with Crippen LogP contribution in [0.2, 0.25) is 5.02 Å². The van der Waals surface area contributed by atoms with Crippen molar-refractivity contribution in [3.63, 3.8) is 0 Å². The molecule has 2 nitrogen and oxygen atoms in total. The Hall–Kier alpha value is -2.56. The molecule has 0 amide bonds. The van der Waals surface area contributed by atoms with Crippen LogP contribution in [0.15, 0.2) is 66.7 Å². The fourth-order valence-electron chi connectivity index (χ4n) is 2.68. The molecule has 0 atom stereocenters. The standard InChI is InChI=1S/C20H11ClFNOS/c21-15-8-4-7-14(19(24)12-5-2-1-3-6-12)18(15)20-23-16-10-9-13(22)11-17(16)25-20/h1-11H. The zero-order valence-corrected chi connectivity index (χ0v) is 14.4. The molecule has 25 heavy (non-hydrogen) atoms. The first-order valence-corrected chi connectivity index (χ1v) is 8.77. The van der Waals surface area contributed by atoms with Crippen molar-refractivity contribution in [2.45, 2.75) is 0 Å². The summed E-state index contributed by atoms with van der Waals surface area (Å²) in [4.78, 5) is 17.5. The summed E-state index contributed by atoms with van der Waals surface area (Å²) in [5.41, 5.74) is 2.33. The quantitative estimate of drug-likeness (QED) is 0.416. The van der Waals surface area contributed by atoms with Gasteiger partial charge >= 0.3 is 0 Å². The highest BCUT2D eigenvalue weighted by atomic mass is 35.5. The number of benzene rings is 3. The Bertz CT molecular complexity index is 1090. The van der Waals surface area contributed by atoms with Crippen molar-refractivity contribution >= 4 is 38.9 Å². The van der Waals surface area contributed by atoms with Crippen molar-refractivity contribution in [1.29, 1.82) is 0 Å². The molecular formula is C20H11ClFNOS. The number of hydrogen-bond acceptors (Lipinski definition) is 3. The van der Waals surface area contributed by atoms with E-state index in [1.807, 2.05) is 18.2 Å². The molecule has 0 radical (unpaired) electrons. The molecule has 4 rings (SSSR count). The van der Waals surface area contributed by atoms with Gasteiger partial charge < -0.3 is 0 Å². The number of hydrogen-bond donors (Lipinski definition) is 0. The van der Waals surface area contributed by atoms with Crippen molar-refractivity contribution in [2.24, 2.45) is 0 Å². The number of fused-ring (bicyclic) bond motifs is 1. The van der Waals surface area contributed by atoms with E-state index in [-0.39, 0.29) is 11.6 Å². The Morgan fingerprint density at radius 3 is 2.60 bits per heavy atom. The highest BCUT2D eigenvalue weighted by Gasteiger charge is 2.20. The van der Waals surface area contributed by atoms with E-state index < -0.39 is 0 Å². The summed E-state index contributed by atoms with van der Waals surface area (Å²) in [6.45, 7) is 0. The molecular weight excluding hydrogens is 357 g/mol. The SMILES string of the molecule is O=C(c1ccccc1)c1cccc(Cl)c1-c1nc2ccc(F)cc2s1. The number of thiazole rings is 1. The van der Waals surface area contributed by atoms with Gasteiger partial charge in [0.25, 0.3) is 0 Å². The summed E-state index contributed by atoms with van der Waals surface area (Å²) in [5, 5.41) is 1.05. The minimum absolute atomic E-state index is 0.122. The van der Waals surface area contributed by atoms with Gasteiger partial charge in [0, 0.05) is 16.7 Å². The van der Waals surface area contributed by atoms with Crippen LogP contribution in [-0.4, -0.2) is 10.8 Å². The van der Waals surface area contributed by atoms with E-state index in [9.17, 15) is 9.18 Å². The van der Waals surface area contributed by atoms with Gasteiger partial charge in [0.05, 0.1) is 15.2 Å². The molecule has 0 bridgehead atoms. The molecule has 0 unspecified atom stereocenters. The van der Waals surface area contributed by atoms with Crippen molar-refractivity contribution < 1.29 is 9.18 Å². The molecule has 4 aromatic rings. The number of nitrogens with zero attached hydrogens (tertiary/aromatic N) is 1. The van der Waals surface area contributed by atoms with Crippen LogP contribution in [0.3, 0.4) is 0 Å². The van der Waals surface area contributed by atoms with E-state index in [1.54, 1.807) is 36.4 Å². The average molecular weight is 368 g/mol. The summed E-state index contributed by atoms with van der Waals surface area (Å²) in [6.07, 6.45) is 0. The molecule has 1 aromatic heterocycles. The van der Waals surface area contributed by atoms with Crippen LogP contribution in [0, 0.1) is 5.82 Å². The molecule has 0 N–H and O–H groups in total. The second-order valence-electron chi connectivity index (χ2n) is 5.49. The van der Waals surface area contributed by atoms with Crippen LogP contribution in [-0.2, 0) is 0 Å². The van der Waals surface area contributed by atoms with Gasteiger partial charge in [-0.25, -0.2) is 9.37 Å².